The molecule has 2 fully saturated rings. The molecule has 2 bridgehead atoms. The zero-order chi connectivity index (χ0) is 8.72. The highest BCUT2D eigenvalue weighted by Crippen LogP contribution is 2.33. The SMILES string of the molecule is CC(C)N1C[C@H]2CC[C@@H](C1)C2=O. The number of fused-ring (bicyclic) bond motifs is 2. The number of rotatable bonds is 1. The van der Waals surface area contributed by atoms with Crippen LogP contribution in [0.4, 0.5) is 0 Å². The summed E-state index contributed by atoms with van der Waals surface area (Å²) in [6, 6.07) is 0.612. The van der Waals surface area contributed by atoms with Gasteiger partial charge in [0.15, 0.2) is 0 Å². The Hall–Kier alpha value is -0.370. The average molecular weight is 167 g/mol. The predicted octanol–water partition coefficient (Wildman–Crippen LogP) is 1.31. The highest BCUT2D eigenvalue weighted by atomic mass is 16.1. The molecule has 1 aliphatic heterocycles. The number of ketones is 1. The third-order valence-corrected chi connectivity index (χ3v) is 3.31. The van der Waals surface area contributed by atoms with Gasteiger partial charge < -0.3 is 0 Å². The Kier molecular flexibility index (Phi) is 1.95. The number of likely N-dealkylation sites (tertiary alicyclic amines) is 1. The maximum absolute atomic E-state index is 11.5. The molecule has 1 saturated heterocycles. The van der Waals surface area contributed by atoms with Crippen molar-refractivity contribution in [2.24, 2.45) is 11.8 Å². The molecule has 2 aliphatic rings. The van der Waals surface area contributed by atoms with Crippen LogP contribution in [0.15, 0.2) is 0 Å². The fourth-order valence-corrected chi connectivity index (χ4v) is 2.45. The van der Waals surface area contributed by atoms with Gasteiger partial charge in [0.25, 0.3) is 0 Å². The lowest BCUT2D eigenvalue weighted by Crippen LogP contribution is -2.45. The summed E-state index contributed by atoms with van der Waals surface area (Å²) in [5, 5.41) is 0. The summed E-state index contributed by atoms with van der Waals surface area (Å²) in [5.41, 5.74) is 0. The lowest BCUT2D eigenvalue weighted by atomic mass is 9.96. The molecule has 68 valence electrons. The first-order chi connectivity index (χ1) is 5.68. The van der Waals surface area contributed by atoms with Crippen LogP contribution in [0.3, 0.4) is 0 Å². The number of carbonyl (C=O) groups excluding carboxylic acids is 1. The number of hydrogen-bond acceptors (Lipinski definition) is 2. The molecule has 12 heavy (non-hydrogen) atoms. The molecule has 2 heteroatoms. The van der Waals surface area contributed by atoms with Gasteiger partial charge in [-0.3, -0.25) is 9.69 Å². The molecule has 0 aromatic rings. The van der Waals surface area contributed by atoms with Gasteiger partial charge in [-0.25, -0.2) is 0 Å². The van der Waals surface area contributed by atoms with E-state index in [-0.39, 0.29) is 0 Å². The second-order valence-corrected chi connectivity index (χ2v) is 4.42. The summed E-state index contributed by atoms with van der Waals surface area (Å²) in [7, 11) is 0. The summed E-state index contributed by atoms with van der Waals surface area (Å²) in [5.74, 6) is 1.31. The van der Waals surface area contributed by atoms with Crippen LogP contribution in [0.2, 0.25) is 0 Å². The second kappa shape index (κ2) is 2.84. The Morgan fingerprint density at radius 2 is 1.75 bits per heavy atom. The van der Waals surface area contributed by atoms with Gasteiger partial charge in [0.2, 0.25) is 0 Å². The van der Waals surface area contributed by atoms with Crippen molar-refractivity contribution in [3.05, 3.63) is 0 Å². The second-order valence-electron chi connectivity index (χ2n) is 4.42. The van der Waals surface area contributed by atoms with E-state index in [2.05, 4.69) is 18.7 Å². The van der Waals surface area contributed by atoms with Crippen molar-refractivity contribution >= 4 is 5.78 Å². The molecule has 0 spiro atoms. The van der Waals surface area contributed by atoms with Gasteiger partial charge in [0.05, 0.1) is 0 Å². The van der Waals surface area contributed by atoms with Crippen molar-refractivity contribution in [2.45, 2.75) is 32.7 Å². The molecule has 0 N–H and O–H groups in total. The molecule has 0 unspecified atom stereocenters. The summed E-state index contributed by atoms with van der Waals surface area (Å²) < 4.78 is 0. The zero-order valence-electron chi connectivity index (χ0n) is 7.92. The summed E-state index contributed by atoms with van der Waals surface area (Å²) in [6.07, 6.45) is 2.29. The maximum Gasteiger partial charge on any atom is 0.141 e. The van der Waals surface area contributed by atoms with Gasteiger partial charge in [-0.2, -0.15) is 0 Å². The van der Waals surface area contributed by atoms with E-state index in [1.807, 2.05) is 0 Å². The van der Waals surface area contributed by atoms with E-state index in [1.165, 1.54) is 0 Å². The number of hydrogen-bond donors (Lipinski definition) is 0. The molecule has 1 saturated carbocycles. The van der Waals surface area contributed by atoms with Crippen molar-refractivity contribution in [2.75, 3.05) is 13.1 Å². The fraction of sp³-hybridized carbons (Fsp3) is 0.900. The third kappa shape index (κ3) is 1.18. The number of piperidine rings is 1. The largest absolute Gasteiger partial charge is 0.300 e. The van der Waals surface area contributed by atoms with E-state index in [0.29, 0.717) is 23.7 Å². The van der Waals surface area contributed by atoms with Gasteiger partial charge in [-0.1, -0.05) is 0 Å². The van der Waals surface area contributed by atoms with E-state index in [4.69, 9.17) is 0 Å². The van der Waals surface area contributed by atoms with E-state index in [9.17, 15) is 4.79 Å². The quantitative estimate of drug-likeness (QED) is 0.587. The van der Waals surface area contributed by atoms with E-state index >= 15 is 0 Å². The molecule has 1 aliphatic carbocycles. The zero-order valence-corrected chi connectivity index (χ0v) is 7.92. The molecule has 2 atom stereocenters. The summed E-state index contributed by atoms with van der Waals surface area (Å²) >= 11 is 0. The van der Waals surface area contributed by atoms with E-state index < -0.39 is 0 Å². The van der Waals surface area contributed by atoms with Crippen LogP contribution in [-0.4, -0.2) is 29.8 Å². The van der Waals surface area contributed by atoms with Crippen LogP contribution in [0, 0.1) is 11.8 Å². The van der Waals surface area contributed by atoms with Gasteiger partial charge in [-0.05, 0) is 26.7 Å². The first-order valence-electron chi connectivity index (χ1n) is 4.96. The highest BCUT2D eigenvalue weighted by molar-refractivity contribution is 5.86. The van der Waals surface area contributed by atoms with Crippen LogP contribution in [-0.2, 0) is 4.79 Å². The predicted molar refractivity (Wildman–Crippen MR) is 47.9 cm³/mol. The van der Waals surface area contributed by atoms with Crippen molar-refractivity contribution in [3.63, 3.8) is 0 Å². The molecular formula is C10H17NO. The number of nitrogens with zero attached hydrogens (tertiary/aromatic N) is 1. The minimum atomic E-state index is 0.381. The molecule has 0 radical (unpaired) electrons. The van der Waals surface area contributed by atoms with E-state index in [1.54, 1.807) is 0 Å². The number of carbonyl (C=O) groups is 1. The lowest BCUT2D eigenvalue weighted by Gasteiger charge is -2.33. The van der Waals surface area contributed by atoms with E-state index in [0.717, 1.165) is 25.9 Å². The summed E-state index contributed by atoms with van der Waals surface area (Å²) in [4.78, 5) is 14.0. The first kappa shape index (κ1) is 8.24. The van der Waals surface area contributed by atoms with Crippen molar-refractivity contribution in [1.82, 2.24) is 4.90 Å². The smallest absolute Gasteiger partial charge is 0.141 e. The van der Waals surface area contributed by atoms with Gasteiger partial charge in [0, 0.05) is 31.0 Å². The minimum Gasteiger partial charge on any atom is -0.300 e. The molecule has 2 nitrogen and oxygen atoms in total. The Bertz CT molecular complexity index is 184. The molecule has 0 aromatic heterocycles. The van der Waals surface area contributed by atoms with Crippen molar-refractivity contribution in [3.8, 4) is 0 Å². The molecule has 0 aromatic carbocycles. The Morgan fingerprint density at radius 1 is 1.25 bits per heavy atom. The Morgan fingerprint density at radius 3 is 2.17 bits per heavy atom. The van der Waals surface area contributed by atoms with Gasteiger partial charge in [-0.15, -0.1) is 0 Å². The Balaban J connectivity index is 2.07. The average Bonchev–Trinajstić information content (AvgIpc) is 2.30. The minimum absolute atomic E-state index is 0.381. The van der Waals surface area contributed by atoms with Crippen LogP contribution in [0.1, 0.15) is 26.7 Å². The van der Waals surface area contributed by atoms with Crippen LogP contribution < -0.4 is 0 Å². The van der Waals surface area contributed by atoms with Crippen LogP contribution in [0.5, 0.6) is 0 Å². The molecular weight excluding hydrogens is 150 g/mol. The van der Waals surface area contributed by atoms with Crippen molar-refractivity contribution in [1.29, 1.82) is 0 Å². The van der Waals surface area contributed by atoms with Gasteiger partial charge in [0.1, 0.15) is 5.78 Å². The highest BCUT2D eigenvalue weighted by Gasteiger charge is 2.40. The summed E-state index contributed by atoms with van der Waals surface area (Å²) in [6.45, 7) is 6.48. The molecule has 1 heterocycles. The Labute approximate surface area is 73.9 Å². The normalized spacial score (nSPS) is 36.4. The first-order valence-corrected chi connectivity index (χ1v) is 4.96. The monoisotopic (exact) mass is 167 g/mol. The van der Waals surface area contributed by atoms with Crippen LogP contribution in [0.25, 0.3) is 0 Å². The standard InChI is InChI=1S/C10H17NO/c1-7(2)11-5-8-3-4-9(6-11)10(8)12/h7-9H,3-6H2,1-2H3/t8-,9+. The third-order valence-electron chi connectivity index (χ3n) is 3.31. The maximum atomic E-state index is 11.5. The lowest BCUT2D eigenvalue weighted by molar-refractivity contribution is -0.128. The molecule has 2 rings (SSSR count). The van der Waals surface area contributed by atoms with Crippen molar-refractivity contribution < 1.29 is 4.79 Å². The topological polar surface area (TPSA) is 20.3 Å². The van der Waals surface area contributed by atoms with Crippen LogP contribution >= 0.6 is 0 Å². The van der Waals surface area contributed by atoms with Gasteiger partial charge >= 0.3 is 0 Å². The fourth-order valence-electron chi connectivity index (χ4n) is 2.45. The molecule has 0 amide bonds. The number of Topliss-reactive ketones (excluding diaryl/α,β-unsaturated/α-hetero) is 1.